The minimum Gasteiger partial charge on any atom is -0.479 e. The Bertz CT molecular complexity index is 369. The second-order valence-corrected chi connectivity index (χ2v) is 3.62. The lowest BCUT2D eigenvalue weighted by atomic mass is 10.2. The molecular formula is C13H18N2O3. The van der Waals surface area contributed by atoms with Crippen molar-refractivity contribution in [3.05, 3.63) is 29.8 Å². The Morgan fingerprint density at radius 3 is 2.44 bits per heavy atom. The molecule has 1 N–H and O–H groups in total. The SMILES string of the molecule is COC(CNCc1ccc(OCC#N)cc1)OC. The molecule has 1 rings (SSSR count). The van der Waals surface area contributed by atoms with E-state index in [4.69, 9.17) is 19.5 Å². The largest absolute Gasteiger partial charge is 0.479 e. The van der Waals surface area contributed by atoms with Crippen LogP contribution < -0.4 is 10.1 Å². The molecule has 0 aliphatic heterocycles. The molecule has 0 bridgehead atoms. The number of rotatable bonds is 8. The van der Waals surface area contributed by atoms with E-state index >= 15 is 0 Å². The van der Waals surface area contributed by atoms with Crippen LogP contribution in [0.5, 0.6) is 5.75 Å². The fraction of sp³-hybridized carbons (Fsp3) is 0.462. The molecular weight excluding hydrogens is 232 g/mol. The smallest absolute Gasteiger partial charge is 0.174 e. The summed E-state index contributed by atoms with van der Waals surface area (Å²) in [6.45, 7) is 1.42. The molecule has 0 aliphatic carbocycles. The van der Waals surface area contributed by atoms with Crippen molar-refractivity contribution >= 4 is 0 Å². The van der Waals surface area contributed by atoms with Gasteiger partial charge < -0.3 is 19.5 Å². The van der Waals surface area contributed by atoms with Crippen LogP contribution in [-0.4, -0.2) is 33.7 Å². The summed E-state index contributed by atoms with van der Waals surface area (Å²) >= 11 is 0. The van der Waals surface area contributed by atoms with Crippen LogP contribution in [0.2, 0.25) is 0 Å². The van der Waals surface area contributed by atoms with E-state index in [9.17, 15) is 0 Å². The molecule has 0 unspecified atom stereocenters. The van der Waals surface area contributed by atoms with Gasteiger partial charge in [0.25, 0.3) is 0 Å². The van der Waals surface area contributed by atoms with Crippen molar-refractivity contribution < 1.29 is 14.2 Å². The number of nitrogens with one attached hydrogen (secondary N) is 1. The first-order chi connectivity index (χ1) is 8.80. The summed E-state index contributed by atoms with van der Waals surface area (Å²) in [5, 5.41) is 11.6. The maximum Gasteiger partial charge on any atom is 0.174 e. The fourth-order valence-electron chi connectivity index (χ4n) is 1.42. The zero-order chi connectivity index (χ0) is 13.2. The predicted octanol–water partition coefficient (Wildman–Crippen LogP) is 1.30. The minimum absolute atomic E-state index is 0.0704. The number of nitrogens with zero attached hydrogens (tertiary/aromatic N) is 1. The molecule has 0 aliphatic rings. The van der Waals surface area contributed by atoms with Crippen molar-refractivity contribution in [3.8, 4) is 11.8 Å². The third-order valence-corrected chi connectivity index (χ3v) is 2.39. The van der Waals surface area contributed by atoms with Crippen LogP contribution in [0, 0.1) is 11.3 Å². The number of hydrogen-bond donors (Lipinski definition) is 1. The van der Waals surface area contributed by atoms with Crippen molar-refractivity contribution in [3.63, 3.8) is 0 Å². The fourth-order valence-corrected chi connectivity index (χ4v) is 1.42. The van der Waals surface area contributed by atoms with E-state index in [-0.39, 0.29) is 12.9 Å². The van der Waals surface area contributed by atoms with Gasteiger partial charge in [0, 0.05) is 27.3 Å². The second kappa shape index (κ2) is 8.48. The van der Waals surface area contributed by atoms with E-state index in [0.29, 0.717) is 12.3 Å². The van der Waals surface area contributed by atoms with Crippen molar-refractivity contribution in [2.24, 2.45) is 0 Å². The first-order valence-corrected chi connectivity index (χ1v) is 5.65. The van der Waals surface area contributed by atoms with Crippen molar-refractivity contribution in [2.75, 3.05) is 27.4 Å². The average molecular weight is 250 g/mol. The normalized spacial score (nSPS) is 10.3. The van der Waals surface area contributed by atoms with Crippen LogP contribution in [0.25, 0.3) is 0 Å². The van der Waals surface area contributed by atoms with Crippen molar-refractivity contribution in [1.29, 1.82) is 5.26 Å². The van der Waals surface area contributed by atoms with E-state index in [2.05, 4.69) is 5.32 Å². The van der Waals surface area contributed by atoms with Crippen LogP contribution >= 0.6 is 0 Å². The lowest BCUT2D eigenvalue weighted by Gasteiger charge is -2.14. The first kappa shape index (κ1) is 14.5. The van der Waals surface area contributed by atoms with Gasteiger partial charge in [-0.3, -0.25) is 0 Å². The molecule has 98 valence electrons. The summed E-state index contributed by atoms with van der Waals surface area (Å²) in [7, 11) is 3.22. The highest BCUT2D eigenvalue weighted by atomic mass is 16.7. The minimum atomic E-state index is -0.233. The molecule has 0 heterocycles. The van der Waals surface area contributed by atoms with Crippen LogP contribution in [0.4, 0.5) is 0 Å². The number of methoxy groups -OCH3 is 2. The van der Waals surface area contributed by atoms with Gasteiger partial charge in [-0.2, -0.15) is 5.26 Å². The van der Waals surface area contributed by atoms with Gasteiger partial charge in [-0.05, 0) is 17.7 Å². The van der Waals surface area contributed by atoms with E-state index in [1.807, 2.05) is 30.3 Å². The maximum absolute atomic E-state index is 8.39. The van der Waals surface area contributed by atoms with E-state index in [1.54, 1.807) is 14.2 Å². The van der Waals surface area contributed by atoms with Gasteiger partial charge >= 0.3 is 0 Å². The van der Waals surface area contributed by atoms with Gasteiger partial charge in [-0.25, -0.2) is 0 Å². The zero-order valence-corrected chi connectivity index (χ0v) is 10.7. The van der Waals surface area contributed by atoms with Crippen LogP contribution in [-0.2, 0) is 16.0 Å². The van der Waals surface area contributed by atoms with Crippen LogP contribution in [0.15, 0.2) is 24.3 Å². The van der Waals surface area contributed by atoms with E-state index in [0.717, 1.165) is 12.1 Å². The van der Waals surface area contributed by atoms with Gasteiger partial charge in [0.15, 0.2) is 12.9 Å². The number of ether oxygens (including phenoxy) is 3. The van der Waals surface area contributed by atoms with Crippen molar-refractivity contribution in [2.45, 2.75) is 12.8 Å². The van der Waals surface area contributed by atoms with Crippen LogP contribution in [0.1, 0.15) is 5.56 Å². The lowest BCUT2D eigenvalue weighted by molar-refractivity contribution is -0.0989. The number of nitriles is 1. The predicted molar refractivity (Wildman–Crippen MR) is 67.1 cm³/mol. The van der Waals surface area contributed by atoms with Crippen molar-refractivity contribution in [1.82, 2.24) is 5.32 Å². The van der Waals surface area contributed by atoms with E-state index < -0.39 is 0 Å². The Hall–Kier alpha value is -1.61. The average Bonchev–Trinajstić information content (AvgIpc) is 2.42. The monoisotopic (exact) mass is 250 g/mol. The summed E-state index contributed by atoms with van der Waals surface area (Å²) in [4.78, 5) is 0. The second-order valence-electron chi connectivity index (χ2n) is 3.62. The Kier molecular flexibility index (Phi) is 6.81. The Labute approximate surface area is 107 Å². The molecule has 5 heteroatoms. The molecule has 0 fully saturated rings. The molecule has 0 amide bonds. The first-order valence-electron chi connectivity index (χ1n) is 5.65. The molecule has 0 radical (unpaired) electrons. The van der Waals surface area contributed by atoms with Gasteiger partial charge in [0.1, 0.15) is 11.8 Å². The molecule has 0 spiro atoms. The molecule has 18 heavy (non-hydrogen) atoms. The molecule has 0 saturated carbocycles. The Morgan fingerprint density at radius 2 is 1.89 bits per heavy atom. The highest BCUT2D eigenvalue weighted by molar-refractivity contribution is 5.27. The standard InChI is InChI=1S/C13H18N2O3/c1-16-13(17-2)10-15-9-11-3-5-12(6-4-11)18-8-7-14/h3-6,13,15H,8-10H2,1-2H3. The van der Waals surface area contributed by atoms with Gasteiger partial charge in [0.2, 0.25) is 0 Å². The summed E-state index contributed by atoms with van der Waals surface area (Å²) < 4.78 is 15.3. The topological polar surface area (TPSA) is 63.5 Å². The molecule has 1 aromatic rings. The molecule has 1 aromatic carbocycles. The molecule has 5 nitrogen and oxygen atoms in total. The third kappa shape index (κ3) is 5.15. The maximum atomic E-state index is 8.39. The summed E-state index contributed by atoms with van der Waals surface area (Å²) in [5.74, 6) is 0.701. The van der Waals surface area contributed by atoms with Gasteiger partial charge in [0.05, 0.1) is 0 Å². The number of benzene rings is 1. The third-order valence-electron chi connectivity index (χ3n) is 2.39. The lowest BCUT2D eigenvalue weighted by Crippen LogP contribution is -2.29. The summed E-state index contributed by atoms with van der Waals surface area (Å²) in [6.07, 6.45) is -0.233. The number of hydrogen-bond acceptors (Lipinski definition) is 5. The van der Waals surface area contributed by atoms with Gasteiger partial charge in [-0.1, -0.05) is 12.1 Å². The summed E-state index contributed by atoms with van der Waals surface area (Å²) in [5.41, 5.74) is 1.13. The molecule has 0 atom stereocenters. The quantitative estimate of drug-likeness (QED) is 0.704. The highest BCUT2D eigenvalue weighted by Crippen LogP contribution is 2.11. The van der Waals surface area contributed by atoms with E-state index in [1.165, 1.54) is 0 Å². The Morgan fingerprint density at radius 1 is 1.22 bits per heavy atom. The highest BCUT2D eigenvalue weighted by Gasteiger charge is 2.03. The van der Waals surface area contributed by atoms with Crippen LogP contribution in [0.3, 0.4) is 0 Å². The zero-order valence-electron chi connectivity index (χ0n) is 10.7. The Balaban J connectivity index is 2.33. The van der Waals surface area contributed by atoms with Gasteiger partial charge in [-0.15, -0.1) is 0 Å². The molecule has 0 saturated heterocycles. The summed E-state index contributed by atoms with van der Waals surface area (Å²) in [6, 6.07) is 9.52. The molecule has 0 aromatic heterocycles.